The maximum atomic E-state index is 13.5. The van der Waals surface area contributed by atoms with E-state index in [-0.39, 0.29) is 22.4 Å². The number of aryl methyl sites for hydroxylation is 1. The van der Waals surface area contributed by atoms with Crippen molar-refractivity contribution < 1.29 is 13.9 Å². The number of hydrogen-bond acceptors (Lipinski definition) is 3. The zero-order valence-electron chi connectivity index (χ0n) is 13.4. The van der Waals surface area contributed by atoms with E-state index < -0.39 is 5.82 Å². The van der Waals surface area contributed by atoms with Crippen molar-refractivity contribution in [2.45, 2.75) is 12.8 Å². The smallest absolute Gasteiger partial charge is 0.305 e. The molecule has 0 unspecified atom stereocenters. The van der Waals surface area contributed by atoms with Crippen LogP contribution in [0.2, 0.25) is 10.0 Å². The molecule has 0 fully saturated rings. The molecule has 25 heavy (non-hydrogen) atoms. The van der Waals surface area contributed by atoms with E-state index in [1.54, 1.807) is 12.3 Å². The van der Waals surface area contributed by atoms with E-state index in [0.717, 1.165) is 22.0 Å². The highest BCUT2D eigenvalue weighted by Gasteiger charge is 2.16. The molecule has 2 aromatic carbocycles. The number of carbonyl (C=O) groups is 1. The maximum absolute atomic E-state index is 13.5. The topological polar surface area (TPSA) is 39.2 Å². The second-order valence-corrected chi connectivity index (χ2v) is 6.31. The summed E-state index contributed by atoms with van der Waals surface area (Å²) < 4.78 is 18.2. The summed E-state index contributed by atoms with van der Waals surface area (Å²) in [5, 5.41) is 1.30. The number of aromatic nitrogens is 1. The molecule has 0 aliphatic carbocycles. The number of benzene rings is 2. The third-order valence-corrected chi connectivity index (χ3v) is 4.55. The number of esters is 1. The van der Waals surface area contributed by atoms with Crippen LogP contribution >= 0.6 is 23.2 Å². The highest BCUT2D eigenvalue weighted by Crippen LogP contribution is 2.39. The summed E-state index contributed by atoms with van der Waals surface area (Å²) in [5.74, 6) is -0.770. The lowest BCUT2D eigenvalue weighted by Crippen LogP contribution is -2.02. The molecule has 3 aromatic rings. The Morgan fingerprint density at radius 1 is 1.20 bits per heavy atom. The van der Waals surface area contributed by atoms with Crippen molar-refractivity contribution in [3.8, 4) is 11.1 Å². The van der Waals surface area contributed by atoms with Gasteiger partial charge >= 0.3 is 5.97 Å². The van der Waals surface area contributed by atoms with E-state index in [1.165, 1.54) is 19.2 Å². The first-order chi connectivity index (χ1) is 12.0. The second kappa shape index (κ2) is 7.38. The van der Waals surface area contributed by atoms with Crippen LogP contribution in [0.1, 0.15) is 12.0 Å². The van der Waals surface area contributed by atoms with Crippen molar-refractivity contribution in [1.29, 1.82) is 0 Å². The molecule has 3 nitrogen and oxygen atoms in total. The molecule has 0 amide bonds. The molecule has 0 N–H and O–H groups in total. The number of pyridine rings is 1. The summed E-state index contributed by atoms with van der Waals surface area (Å²) in [6.45, 7) is 0. The maximum Gasteiger partial charge on any atom is 0.305 e. The number of methoxy groups -OCH3 is 1. The minimum atomic E-state index is -0.490. The summed E-state index contributed by atoms with van der Waals surface area (Å²) in [6, 6.07) is 9.91. The minimum Gasteiger partial charge on any atom is -0.469 e. The Bertz CT molecular complexity index is 936. The standard InChI is InChI=1S/C19H14Cl2FNO2/c1-25-17(24)7-5-11-4-6-13(14-3-2-8-23-19(11)14)18-15(20)9-12(22)10-16(18)21/h2-4,6,8-10H,5,7H2,1H3. The van der Waals surface area contributed by atoms with E-state index in [9.17, 15) is 9.18 Å². The van der Waals surface area contributed by atoms with Crippen molar-refractivity contribution in [2.75, 3.05) is 7.11 Å². The van der Waals surface area contributed by atoms with Crippen LogP contribution in [0.25, 0.3) is 22.0 Å². The second-order valence-electron chi connectivity index (χ2n) is 5.49. The average Bonchev–Trinajstić information content (AvgIpc) is 2.59. The van der Waals surface area contributed by atoms with Crippen molar-refractivity contribution >= 4 is 40.1 Å². The Hall–Kier alpha value is -2.17. The van der Waals surface area contributed by atoms with Gasteiger partial charge in [-0.05, 0) is 35.7 Å². The Morgan fingerprint density at radius 3 is 2.60 bits per heavy atom. The SMILES string of the molecule is COC(=O)CCc1ccc(-c2c(Cl)cc(F)cc2Cl)c2cccnc12. The van der Waals surface area contributed by atoms with Gasteiger partial charge in [-0.25, -0.2) is 4.39 Å². The van der Waals surface area contributed by atoms with Gasteiger partial charge in [-0.2, -0.15) is 0 Å². The molecule has 0 spiro atoms. The number of nitrogens with zero attached hydrogens (tertiary/aromatic N) is 1. The van der Waals surface area contributed by atoms with E-state index >= 15 is 0 Å². The van der Waals surface area contributed by atoms with Gasteiger partial charge in [-0.1, -0.05) is 41.4 Å². The van der Waals surface area contributed by atoms with Crippen LogP contribution in [0.5, 0.6) is 0 Å². The van der Waals surface area contributed by atoms with Crippen LogP contribution in [-0.2, 0) is 16.0 Å². The quantitative estimate of drug-likeness (QED) is 0.567. The van der Waals surface area contributed by atoms with Gasteiger partial charge in [0.15, 0.2) is 0 Å². The lowest BCUT2D eigenvalue weighted by atomic mass is 9.96. The number of fused-ring (bicyclic) bond motifs is 1. The largest absolute Gasteiger partial charge is 0.469 e. The molecule has 0 saturated heterocycles. The molecule has 0 aliphatic rings. The minimum absolute atomic E-state index is 0.234. The van der Waals surface area contributed by atoms with Crippen LogP contribution in [0, 0.1) is 5.82 Å². The van der Waals surface area contributed by atoms with Gasteiger partial charge in [0, 0.05) is 23.6 Å². The third-order valence-electron chi connectivity index (χ3n) is 3.96. The molecule has 0 aliphatic heterocycles. The molecular formula is C19H14Cl2FNO2. The normalized spacial score (nSPS) is 10.9. The van der Waals surface area contributed by atoms with Crippen LogP contribution in [0.4, 0.5) is 4.39 Å². The highest BCUT2D eigenvalue weighted by atomic mass is 35.5. The molecular weight excluding hydrogens is 364 g/mol. The fraction of sp³-hybridized carbons (Fsp3) is 0.158. The first kappa shape index (κ1) is 17.6. The van der Waals surface area contributed by atoms with Crippen LogP contribution < -0.4 is 0 Å². The molecule has 1 aromatic heterocycles. The Kier molecular flexibility index (Phi) is 5.21. The average molecular weight is 378 g/mol. The molecule has 1 heterocycles. The summed E-state index contributed by atoms with van der Waals surface area (Å²) in [4.78, 5) is 15.9. The van der Waals surface area contributed by atoms with Crippen molar-refractivity contribution in [3.05, 3.63) is 64.0 Å². The van der Waals surface area contributed by atoms with Crippen molar-refractivity contribution in [1.82, 2.24) is 4.98 Å². The van der Waals surface area contributed by atoms with Gasteiger partial charge in [0.2, 0.25) is 0 Å². The highest BCUT2D eigenvalue weighted by molar-refractivity contribution is 6.39. The van der Waals surface area contributed by atoms with Crippen LogP contribution in [-0.4, -0.2) is 18.1 Å². The van der Waals surface area contributed by atoms with Gasteiger partial charge in [0.05, 0.1) is 22.7 Å². The van der Waals surface area contributed by atoms with Gasteiger partial charge in [0.1, 0.15) is 5.82 Å². The number of halogens is 3. The number of hydrogen-bond donors (Lipinski definition) is 0. The van der Waals surface area contributed by atoms with Crippen molar-refractivity contribution in [3.63, 3.8) is 0 Å². The lowest BCUT2D eigenvalue weighted by molar-refractivity contribution is -0.140. The zero-order chi connectivity index (χ0) is 18.0. The van der Waals surface area contributed by atoms with E-state index in [2.05, 4.69) is 9.72 Å². The van der Waals surface area contributed by atoms with E-state index in [1.807, 2.05) is 18.2 Å². The zero-order valence-corrected chi connectivity index (χ0v) is 14.9. The molecule has 0 bridgehead atoms. The van der Waals surface area contributed by atoms with Crippen molar-refractivity contribution in [2.24, 2.45) is 0 Å². The summed E-state index contributed by atoms with van der Waals surface area (Å²) in [6.07, 6.45) is 2.45. The van der Waals surface area contributed by atoms with E-state index in [0.29, 0.717) is 12.0 Å². The van der Waals surface area contributed by atoms with Crippen LogP contribution in [0.3, 0.4) is 0 Å². The van der Waals surface area contributed by atoms with Gasteiger partial charge in [0.25, 0.3) is 0 Å². The third kappa shape index (κ3) is 3.60. The van der Waals surface area contributed by atoms with Gasteiger partial charge in [-0.15, -0.1) is 0 Å². The van der Waals surface area contributed by atoms with E-state index in [4.69, 9.17) is 23.2 Å². The fourth-order valence-corrected chi connectivity index (χ4v) is 3.45. The molecule has 128 valence electrons. The van der Waals surface area contributed by atoms with Crippen LogP contribution in [0.15, 0.2) is 42.6 Å². The number of carbonyl (C=O) groups excluding carboxylic acids is 1. The fourth-order valence-electron chi connectivity index (χ4n) is 2.79. The first-order valence-electron chi connectivity index (χ1n) is 7.59. The Balaban J connectivity index is 2.15. The van der Waals surface area contributed by atoms with Gasteiger partial charge in [-0.3, -0.25) is 9.78 Å². The molecule has 3 rings (SSSR count). The predicted molar refractivity (Wildman–Crippen MR) is 97.5 cm³/mol. The Morgan fingerprint density at radius 2 is 1.92 bits per heavy atom. The summed E-state index contributed by atoms with van der Waals surface area (Å²) in [7, 11) is 1.36. The monoisotopic (exact) mass is 377 g/mol. The predicted octanol–water partition coefficient (Wildman–Crippen LogP) is 5.45. The van der Waals surface area contributed by atoms with Gasteiger partial charge < -0.3 is 4.74 Å². The first-order valence-corrected chi connectivity index (χ1v) is 8.35. The summed E-state index contributed by atoms with van der Waals surface area (Å²) in [5.41, 5.74) is 2.99. The molecule has 6 heteroatoms. The number of ether oxygens (including phenoxy) is 1. The Labute approximate surface area is 154 Å². The molecule has 0 atom stereocenters. The summed E-state index contributed by atoms with van der Waals surface area (Å²) >= 11 is 12.4. The number of rotatable bonds is 4. The lowest BCUT2D eigenvalue weighted by Gasteiger charge is -2.13. The molecule has 0 radical (unpaired) electrons. The molecule has 0 saturated carbocycles.